The highest BCUT2D eigenvalue weighted by Crippen LogP contribution is 2.71. The van der Waals surface area contributed by atoms with E-state index in [4.69, 9.17) is 47.4 Å². The minimum absolute atomic E-state index is 0.00479. The first-order chi connectivity index (χ1) is 35.0. The van der Waals surface area contributed by atoms with Crippen LogP contribution in [-0.2, 0) is 47.4 Å². The Morgan fingerprint density at radius 3 is 1.84 bits per heavy atom. The van der Waals surface area contributed by atoms with Crippen LogP contribution in [0.5, 0.6) is 0 Å². The van der Waals surface area contributed by atoms with E-state index in [9.17, 15) is 66.4 Å². The molecule has 6 saturated heterocycles. The highest BCUT2D eigenvalue weighted by molar-refractivity contribution is 5.27. The Bertz CT molecular complexity index is 1980. The molecule has 0 aromatic rings. The fraction of sp³-hybridized carbons (Fsp3) is 0.961. The van der Waals surface area contributed by atoms with Crippen LogP contribution in [0.2, 0.25) is 0 Å². The lowest BCUT2D eigenvalue weighted by Crippen LogP contribution is -2.67. The van der Waals surface area contributed by atoms with Crippen molar-refractivity contribution in [2.45, 2.75) is 239 Å². The lowest BCUT2D eigenvalue weighted by atomic mass is 9.47. The SMILES string of the molecule is C[C@@H]1O[C@@H](O[C@H]2[C@H](O)[C@@H](O[C@@H]3O[C@H](CO)[C@@H](O)[C@H](O)[C@H]3O)[C@H](O[C@H]3CC[C@@]4(C)C(=CC[C@H]5[C@@H]6C[C@@H]7O[C@]8(CC[C@@](C)(CO[C@@H]9O[C@H](CO)[C@@H](O)[C@H](O)[C@H]9O)O8)[C@@H](C)[C@@H]7[C@@]6(C)CC[C@@H]54)C3)O[C@@H]2CO)[C@H](O)[C@H](O)[C@H]1O. The van der Waals surface area contributed by atoms with Gasteiger partial charge in [0.2, 0.25) is 0 Å². The Morgan fingerprint density at radius 1 is 0.581 bits per heavy atom. The summed E-state index contributed by atoms with van der Waals surface area (Å²) in [4.78, 5) is 0. The summed E-state index contributed by atoms with van der Waals surface area (Å²) in [6, 6.07) is 0. The molecule has 10 rings (SSSR count). The maximum Gasteiger partial charge on any atom is 0.187 e. The van der Waals surface area contributed by atoms with Gasteiger partial charge in [0.15, 0.2) is 30.9 Å². The monoisotopic (exact) mass is 1060 g/mol. The number of aliphatic hydroxyl groups excluding tert-OH is 13. The van der Waals surface area contributed by atoms with Gasteiger partial charge >= 0.3 is 0 Å². The van der Waals surface area contributed by atoms with Crippen molar-refractivity contribution in [3.05, 3.63) is 11.6 Å². The molecule has 0 unspecified atom stereocenters. The van der Waals surface area contributed by atoms with Gasteiger partial charge < -0.3 is 114 Å². The van der Waals surface area contributed by atoms with Crippen molar-refractivity contribution in [3.8, 4) is 0 Å². The van der Waals surface area contributed by atoms with Gasteiger partial charge in [-0.1, -0.05) is 32.4 Å². The molecular formula is C51H82O23. The number of aliphatic hydroxyl groups is 13. The third kappa shape index (κ3) is 9.38. The molecule has 31 atom stereocenters. The molecular weight excluding hydrogens is 981 g/mol. The minimum Gasteiger partial charge on any atom is -0.394 e. The Morgan fingerprint density at radius 2 is 1.18 bits per heavy atom. The maximum absolute atomic E-state index is 12.1. The Hall–Kier alpha value is -1.18. The average molecular weight is 1060 g/mol. The first-order valence-electron chi connectivity index (χ1n) is 26.9. The number of hydrogen-bond acceptors (Lipinski definition) is 23. The molecule has 0 aromatic carbocycles. The van der Waals surface area contributed by atoms with Gasteiger partial charge in [0.05, 0.1) is 50.3 Å². The van der Waals surface area contributed by atoms with Crippen LogP contribution in [0.4, 0.5) is 0 Å². The van der Waals surface area contributed by atoms with E-state index in [-0.39, 0.29) is 35.4 Å². The molecule has 0 bridgehead atoms. The lowest BCUT2D eigenvalue weighted by molar-refractivity contribution is -0.390. The average Bonchev–Trinajstić information content (AvgIpc) is 4.02. The van der Waals surface area contributed by atoms with Crippen LogP contribution in [0.1, 0.15) is 92.4 Å². The molecule has 9 fully saturated rings. The third-order valence-corrected chi connectivity index (χ3v) is 19.9. The van der Waals surface area contributed by atoms with E-state index >= 15 is 0 Å². The topological polar surface area (TPSA) is 355 Å². The smallest absolute Gasteiger partial charge is 0.187 e. The van der Waals surface area contributed by atoms with Crippen LogP contribution in [0.15, 0.2) is 11.6 Å². The van der Waals surface area contributed by atoms with Gasteiger partial charge in [0, 0.05) is 12.3 Å². The molecule has 13 N–H and O–H groups in total. The van der Waals surface area contributed by atoms with Crippen LogP contribution in [0.3, 0.4) is 0 Å². The summed E-state index contributed by atoms with van der Waals surface area (Å²) >= 11 is 0. The molecule has 1 spiro atoms. The highest BCUT2D eigenvalue weighted by Gasteiger charge is 2.70. The molecule has 4 aliphatic carbocycles. The number of rotatable bonds is 12. The van der Waals surface area contributed by atoms with Crippen LogP contribution < -0.4 is 0 Å². The third-order valence-electron chi connectivity index (χ3n) is 19.9. The zero-order valence-corrected chi connectivity index (χ0v) is 42.8. The van der Waals surface area contributed by atoms with E-state index in [2.05, 4.69) is 26.8 Å². The van der Waals surface area contributed by atoms with Gasteiger partial charge in [0.1, 0.15) is 91.6 Å². The van der Waals surface area contributed by atoms with Crippen LogP contribution in [0, 0.1) is 40.4 Å². The first-order valence-corrected chi connectivity index (χ1v) is 26.9. The van der Waals surface area contributed by atoms with E-state index < -0.39 is 160 Å². The molecule has 23 heteroatoms. The molecule has 10 aliphatic rings. The molecule has 3 saturated carbocycles. The van der Waals surface area contributed by atoms with Crippen molar-refractivity contribution in [1.82, 2.24) is 0 Å². The van der Waals surface area contributed by atoms with Crippen molar-refractivity contribution in [3.63, 3.8) is 0 Å². The van der Waals surface area contributed by atoms with E-state index in [0.29, 0.717) is 43.4 Å². The predicted molar refractivity (Wildman–Crippen MR) is 248 cm³/mol. The Balaban J connectivity index is 0.813. The lowest BCUT2D eigenvalue weighted by Gasteiger charge is -2.58. The fourth-order valence-electron chi connectivity index (χ4n) is 15.6. The van der Waals surface area contributed by atoms with Crippen molar-refractivity contribution in [1.29, 1.82) is 0 Å². The summed E-state index contributed by atoms with van der Waals surface area (Å²) in [5.74, 6) is 0.713. The van der Waals surface area contributed by atoms with Gasteiger partial charge in [-0.3, -0.25) is 0 Å². The van der Waals surface area contributed by atoms with Crippen molar-refractivity contribution in [2.75, 3.05) is 26.4 Å². The van der Waals surface area contributed by atoms with E-state index in [1.807, 2.05) is 6.92 Å². The molecule has 74 heavy (non-hydrogen) atoms. The quantitative estimate of drug-likeness (QED) is 0.0875. The zero-order valence-electron chi connectivity index (χ0n) is 42.8. The van der Waals surface area contributed by atoms with Gasteiger partial charge in [0.25, 0.3) is 0 Å². The minimum atomic E-state index is -1.85. The zero-order chi connectivity index (χ0) is 53.1. The van der Waals surface area contributed by atoms with Gasteiger partial charge in [-0.05, 0) is 99.7 Å². The largest absolute Gasteiger partial charge is 0.394 e. The molecule has 6 heterocycles. The summed E-state index contributed by atoms with van der Waals surface area (Å²) in [7, 11) is 0. The summed E-state index contributed by atoms with van der Waals surface area (Å²) in [5.41, 5.74) is 0.321. The number of ether oxygens (including phenoxy) is 10. The predicted octanol–water partition coefficient (Wildman–Crippen LogP) is -2.85. The second-order valence-electron chi connectivity index (χ2n) is 24.2. The van der Waals surface area contributed by atoms with Gasteiger partial charge in [-0.15, -0.1) is 0 Å². The summed E-state index contributed by atoms with van der Waals surface area (Å²) in [5, 5.41) is 137. The van der Waals surface area contributed by atoms with Gasteiger partial charge in [-0.25, -0.2) is 0 Å². The molecule has 424 valence electrons. The summed E-state index contributed by atoms with van der Waals surface area (Å²) in [6.07, 6.45) is -21.5. The van der Waals surface area contributed by atoms with Crippen molar-refractivity contribution in [2.24, 2.45) is 40.4 Å². The highest BCUT2D eigenvalue weighted by atomic mass is 16.8. The first kappa shape index (κ1) is 56.1. The summed E-state index contributed by atoms with van der Waals surface area (Å²) < 4.78 is 62.0. The molecule has 0 amide bonds. The van der Waals surface area contributed by atoms with Crippen LogP contribution in [0.25, 0.3) is 0 Å². The number of fused-ring (bicyclic) bond motifs is 7. The van der Waals surface area contributed by atoms with Crippen molar-refractivity contribution >= 4 is 0 Å². The summed E-state index contributed by atoms with van der Waals surface area (Å²) in [6.45, 7) is 8.47. The number of hydrogen-bond donors (Lipinski definition) is 13. The number of allylic oxidation sites excluding steroid dienone is 1. The van der Waals surface area contributed by atoms with Crippen LogP contribution in [-0.4, -0.2) is 239 Å². The molecule has 0 radical (unpaired) electrons. The van der Waals surface area contributed by atoms with E-state index in [1.165, 1.54) is 12.5 Å². The van der Waals surface area contributed by atoms with Crippen molar-refractivity contribution < 1.29 is 114 Å². The van der Waals surface area contributed by atoms with Gasteiger partial charge in [-0.2, -0.15) is 0 Å². The normalized spacial score (nSPS) is 57.4. The maximum atomic E-state index is 12.1. The molecule has 0 aromatic heterocycles. The second-order valence-corrected chi connectivity index (χ2v) is 24.2. The molecule has 6 aliphatic heterocycles. The van der Waals surface area contributed by atoms with Crippen LogP contribution >= 0.6 is 0 Å². The molecule has 23 nitrogen and oxygen atoms in total. The van der Waals surface area contributed by atoms with E-state index in [0.717, 1.165) is 32.1 Å². The second kappa shape index (κ2) is 21.0. The van der Waals surface area contributed by atoms with E-state index in [1.54, 1.807) is 0 Å². The standard InChI is InChI=1S/C51H82O23/c1-20-31-27(73-51(20)13-12-48(3,74-51)19-65-44-38(61)36(59)33(56)28(16-52)68-44)15-26-24-7-6-22-14-23(8-10-49(22,4)25(24)9-11-50(26,31)5)67-47-43(72-46-40(63)37(60)34(57)29(17-53)69-46)41(64)42(30(18-54)70-47)71-45-39(62)35(58)32(55)21(2)66-45/h6,20-21,23-47,52-64H,7-19H2,1-5H3/t20-,21-,23-,24+,25-,26-,27-,28+,29+,30+,31-,32-,33+,34+,35+,36-,37-,38+,39+,40+,41-,42+,43+,44+,45-,46-,47+,48-,49-,50-,51-/m0/s1. The Kier molecular flexibility index (Phi) is 16.0. The Labute approximate surface area is 430 Å². The fourth-order valence-corrected chi connectivity index (χ4v) is 15.6.